The lowest BCUT2D eigenvalue weighted by Gasteiger charge is -2.19. The Morgan fingerprint density at radius 3 is 2.62 bits per heavy atom. The molecule has 2 unspecified atom stereocenters. The molecule has 198 valence electrons. The van der Waals surface area contributed by atoms with Crippen molar-refractivity contribution in [3.63, 3.8) is 0 Å². The van der Waals surface area contributed by atoms with Gasteiger partial charge in [-0.05, 0) is 30.7 Å². The molecule has 0 spiro atoms. The van der Waals surface area contributed by atoms with Gasteiger partial charge in [0, 0.05) is 70.8 Å². The van der Waals surface area contributed by atoms with Gasteiger partial charge in [0.2, 0.25) is 5.56 Å². The molecular weight excluding hydrogens is 637 g/mol. The van der Waals surface area contributed by atoms with E-state index in [0.717, 1.165) is 11.6 Å². The predicted octanol–water partition coefficient (Wildman–Crippen LogP) is 6.91. The third-order valence-electron chi connectivity index (χ3n) is 5.13. The molecule has 3 heterocycles. The molecular formula is C26H26ClF2IN2O4S. The standard InChI is InChI=1S/C21H16ClF2IN2O3S.C3H4.C2H6O/c1-10-8-29-21-12(10)6-18(14(9-30-31-25)11-2-3-26-19(28)4-11)27-20(21)13-5-15(22)17(24)7-16(13)23;2*1-3-2/h2-7,10,14H,8-9H2,1H3,(H,26,28);1H,2H3;1-2H3. The van der Waals surface area contributed by atoms with Gasteiger partial charge in [-0.1, -0.05) is 18.5 Å². The molecule has 4 rings (SSSR count). The molecule has 2 aromatic heterocycles. The summed E-state index contributed by atoms with van der Waals surface area (Å²) >= 11 is 7.94. The monoisotopic (exact) mass is 662 g/mol. The number of halogens is 4. The number of H-pyrrole nitrogens is 1. The van der Waals surface area contributed by atoms with E-state index in [-0.39, 0.29) is 40.3 Å². The van der Waals surface area contributed by atoms with Gasteiger partial charge in [-0.2, -0.15) is 0 Å². The first-order chi connectivity index (χ1) is 17.7. The second kappa shape index (κ2) is 15.3. The third kappa shape index (κ3) is 8.15. The molecule has 0 radical (unpaired) electrons. The van der Waals surface area contributed by atoms with Crippen LogP contribution in [0.3, 0.4) is 0 Å². The smallest absolute Gasteiger partial charge is 0.248 e. The predicted molar refractivity (Wildman–Crippen MR) is 152 cm³/mol. The Morgan fingerprint density at radius 1 is 1.32 bits per heavy atom. The summed E-state index contributed by atoms with van der Waals surface area (Å²) in [6.45, 7) is 4.30. The highest BCUT2D eigenvalue weighted by Gasteiger charge is 2.30. The Kier molecular flexibility index (Phi) is 12.8. The Balaban J connectivity index is 0.000000733. The van der Waals surface area contributed by atoms with Gasteiger partial charge >= 0.3 is 0 Å². The van der Waals surface area contributed by atoms with Crippen molar-refractivity contribution in [1.29, 1.82) is 0 Å². The number of nitrogens with zero attached hydrogens (tertiary/aromatic N) is 1. The van der Waals surface area contributed by atoms with Crippen molar-refractivity contribution in [2.24, 2.45) is 0 Å². The van der Waals surface area contributed by atoms with E-state index in [4.69, 9.17) is 20.5 Å². The van der Waals surface area contributed by atoms with Crippen LogP contribution >= 0.6 is 42.0 Å². The molecule has 11 heteroatoms. The number of benzene rings is 1. The molecule has 1 aliphatic heterocycles. The third-order valence-corrected chi connectivity index (χ3v) is 6.41. The second-order valence-corrected chi connectivity index (χ2v) is 9.70. The number of hydrogen-bond acceptors (Lipinski definition) is 6. The summed E-state index contributed by atoms with van der Waals surface area (Å²) in [6, 6.07) is 7.10. The van der Waals surface area contributed by atoms with Gasteiger partial charge in [0.1, 0.15) is 23.1 Å². The molecule has 1 N–H and O–H groups in total. The van der Waals surface area contributed by atoms with Crippen LogP contribution in [0.25, 0.3) is 11.3 Å². The average molecular weight is 663 g/mol. The highest BCUT2D eigenvalue weighted by atomic mass is 127. The number of aromatic nitrogens is 2. The number of methoxy groups -OCH3 is 1. The van der Waals surface area contributed by atoms with Crippen LogP contribution in [0.5, 0.6) is 5.75 Å². The number of hydrogen-bond donors (Lipinski definition) is 1. The zero-order valence-electron chi connectivity index (χ0n) is 20.6. The maximum Gasteiger partial charge on any atom is 0.248 e. The van der Waals surface area contributed by atoms with E-state index < -0.39 is 11.6 Å². The van der Waals surface area contributed by atoms with Crippen LogP contribution < -0.4 is 10.3 Å². The van der Waals surface area contributed by atoms with Crippen LogP contribution in [-0.4, -0.2) is 37.4 Å². The van der Waals surface area contributed by atoms with E-state index >= 15 is 0 Å². The first kappa shape index (κ1) is 31.1. The number of pyridine rings is 2. The van der Waals surface area contributed by atoms with Crippen LogP contribution in [-0.2, 0) is 8.92 Å². The van der Waals surface area contributed by atoms with E-state index in [0.29, 0.717) is 23.6 Å². The minimum Gasteiger partial charge on any atom is -0.490 e. The SMILES string of the molecule is C#CC.CC1COc2c1cc(C(COSI)c1cc[nH]c(=O)c1)nc2-c1cc(Cl)c(F)cc1F.COC. The van der Waals surface area contributed by atoms with E-state index in [2.05, 4.69) is 27.0 Å². The lowest BCUT2D eigenvalue weighted by molar-refractivity contribution is 0.277. The Labute approximate surface area is 236 Å². The number of aromatic amines is 1. The van der Waals surface area contributed by atoms with Crippen molar-refractivity contribution in [3.8, 4) is 29.4 Å². The minimum atomic E-state index is -0.848. The van der Waals surface area contributed by atoms with Crippen molar-refractivity contribution < 1.29 is 22.4 Å². The average Bonchev–Trinajstić information content (AvgIpc) is 3.23. The summed E-state index contributed by atoms with van der Waals surface area (Å²) in [4.78, 5) is 19.2. The van der Waals surface area contributed by atoms with Crippen LogP contribution in [0.1, 0.15) is 42.5 Å². The van der Waals surface area contributed by atoms with Gasteiger partial charge in [-0.3, -0.25) is 4.79 Å². The van der Waals surface area contributed by atoms with Crippen molar-refractivity contribution in [3.05, 3.63) is 80.4 Å². The highest BCUT2D eigenvalue weighted by Crippen LogP contribution is 2.44. The van der Waals surface area contributed by atoms with Crippen molar-refractivity contribution in [2.75, 3.05) is 27.4 Å². The molecule has 37 heavy (non-hydrogen) atoms. The fourth-order valence-electron chi connectivity index (χ4n) is 3.58. The summed E-state index contributed by atoms with van der Waals surface area (Å²) in [5, 5.41) is -0.209. The fourth-order valence-corrected chi connectivity index (χ4v) is 4.37. The Bertz CT molecular complexity index is 1300. The lowest BCUT2D eigenvalue weighted by Crippen LogP contribution is -2.14. The van der Waals surface area contributed by atoms with Gasteiger partial charge < -0.3 is 18.6 Å². The quantitative estimate of drug-likeness (QED) is 0.134. The molecule has 1 aromatic carbocycles. The van der Waals surface area contributed by atoms with Crippen LogP contribution in [0.15, 0.2) is 41.3 Å². The molecule has 3 aromatic rings. The van der Waals surface area contributed by atoms with Gasteiger partial charge in [0.25, 0.3) is 0 Å². The van der Waals surface area contributed by atoms with E-state index in [1.165, 1.54) is 21.3 Å². The summed E-state index contributed by atoms with van der Waals surface area (Å²) < 4.78 is 44.1. The van der Waals surface area contributed by atoms with Crippen LogP contribution in [0, 0.1) is 24.0 Å². The Hall–Kier alpha value is -2.17. The van der Waals surface area contributed by atoms with Crippen LogP contribution in [0.2, 0.25) is 5.02 Å². The van der Waals surface area contributed by atoms with E-state index in [1.54, 1.807) is 33.4 Å². The van der Waals surface area contributed by atoms with Crippen LogP contribution in [0.4, 0.5) is 8.78 Å². The Morgan fingerprint density at radius 2 is 2.00 bits per heavy atom. The van der Waals surface area contributed by atoms with E-state index in [1.807, 2.05) is 34.2 Å². The molecule has 2 atom stereocenters. The van der Waals surface area contributed by atoms with Crippen molar-refractivity contribution in [1.82, 2.24) is 9.97 Å². The molecule has 0 amide bonds. The highest BCUT2D eigenvalue weighted by molar-refractivity contribution is 14.2. The molecule has 1 aliphatic rings. The number of rotatable bonds is 6. The maximum absolute atomic E-state index is 14.7. The summed E-state index contributed by atoms with van der Waals surface area (Å²) in [6.07, 6.45) is 6.15. The topological polar surface area (TPSA) is 73.4 Å². The van der Waals surface area contributed by atoms with Gasteiger partial charge in [-0.25, -0.2) is 13.8 Å². The molecule has 0 aliphatic carbocycles. The zero-order valence-corrected chi connectivity index (χ0v) is 24.3. The second-order valence-electron chi connectivity index (χ2n) is 7.86. The van der Waals surface area contributed by atoms with Crippen molar-refractivity contribution in [2.45, 2.75) is 25.7 Å². The van der Waals surface area contributed by atoms with Gasteiger partial charge in [0.15, 0.2) is 0 Å². The molecule has 0 bridgehead atoms. The number of terminal acetylenes is 1. The number of fused-ring (bicyclic) bond motifs is 1. The lowest BCUT2D eigenvalue weighted by atomic mass is 9.92. The normalized spacial score (nSPS) is 14.2. The number of ether oxygens (including phenoxy) is 2. The van der Waals surface area contributed by atoms with Gasteiger partial charge in [0.05, 0.1) is 39.1 Å². The molecule has 0 saturated carbocycles. The number of nitrogens with one attached hydrogen (secondary N) is 1. The maximum atomic E-state index is 14.7. The zero-order chi connectivity index (χ0) is 27.5. The summed E-state index contributed by atoms with van der Waals surface area (Å²) in [5.41, 5.74) is 2.19. The largest absolute Gasteiger partial charge is 0.490 e. The molecule has 0 saturated heterocycles. The van der Waals surface area contributed by atoms with Gasteiger partial charge in [-0.15, -0.1) is 12.3 Å². The first-order valence-electron chi connectivity index (χ1n) is 10.9. The molecule has 0 fully saturated rings. The summed E-state index contributed by atoms with van der Waals surface area (Å²) in [5.74, 6) is 0.726. The first-order valence-corrected chi connectivity index (χ1v) is 14.6. The fraction of sp³-hybridized carbons (Fsp3) is 0.308. The van der Waals surface area contributed by atoms with E-state index in [9.17, 15) is 13.6 Å². The molecule has 6 nitrogen and oxygen atoms in total. The summed E-state index contributed by atoms with van der Waals surface area (Å²) in [7, 11) is 4.42. The van der Waals surface area contributed by atoms with Crippen molar-refractivity contribution >= 4 is 42.0 Å². The minimum absolute atomic E-state index is 0.0486.